The van der Waals surface area contributed by atoms with Crippen LogP contribution in [-0.2, 0) is 11.2 Å². The molecular formula is C17H15BrN4O. The van der Waals surface area contributed by atoms with Crippen LogP contribution in [0.5, 0.6) is 0 Å². The van der Waals surface area contributed by atoms with Crippen LogP contribution in [0.4, 0.5) is 5.95 Å². The average molecular weight is 371 g/mol. The van der Waals surface area contributed by atoms with E-state index >= 15 is 0 Å². The third-order valence-corrected chi connectivity index (χ3v) is 4.04. The summed E-state index contributed by atoms with van der Waals surface area (Å²) in [5.74, 6) is 0.788. The van der Waals surface area contributed by atoms with E-state index in [0.29, 0.717) is 18.7 Å². The number of benzene rings is 2. The first kappa shape index (κ1) is 15.4. The van der Waals surface area contributed by atoms with Gasteiger partial charge in [-0.15, -0.1) is 5.10 Å². The molecule has 1 amide bonds. The number of hydrogen-bond acceptors (Lipinski definition) is 3. The predicted molar refractivity (Wildman–Crippen MR) is 92.9 cm³/mol. The van der Waals surface area contributed by atoms with Crippen molar-refractivity contribution < 1.29 is 4.79 Å². The van der Waals surface area contributed by atoms with Gasteiger partial charge in [-0.05, 0) is 18.1 Å². The summed E-state index contributed by atoms with van der Waals surface area (Å²) in [6, 6.07) is 17.6. The molecule has 23 heavy (non-hydrogen) atoms. The molecule has 0 aliphatic rings. The molecule has 1 aromatic heterocycles. The lowest BCUT2D eigenvalue weighted by atomic mass is 10.1. The van der Waals surface area contributed by atoms with Crippen molar-refractivity contribution in [3.8, 4) is 11.4 Å². The summed E-state index contributed by atoms with van der Waals surface area (Å²) >= 11 is 3.47. The van der Waals surface area contributed by atoms with E-state index in [4.69, 9.17) is 0 Å². The summed E-state index contributed by atoms with van der Waals surface area (Å²) in [5.41, 5.74) is 2.02. The monoisotopic (exact) mass is 370 g/mol. The minimum absolute atomic E-state index is 0.105. The number of carbonyl (C=O) groups excluding carboxylic acids is 1. The van der Waals surface area contributed by atoms with Crippen molar-refractivity contribution in [2.45, 2.75) is 12.8 Å². The second kappa shape index (κ2) is 7.19. The van der Waals surface area contributed by atoms with E-state index in [-0.39, 0.29) is 11.9 Å². The van der Waals surface area contributed by atoms with Crippen molar-refractivity contribution in [1.29, 1.82) is 0 Å². The first-order valence-corrected chi connectivity index (χ1v) is 8.03. The van der Waals surface area contributed by atoms with Gasteiger partial charge in [-0.1, -0.05) is 64.5 Å². The van der Waals surface area contributed by atoms with Gasteiger partial charge < -0.3 is 0 Å². The van der Waals surface area contributed by atoms with Gasteiger partial charge in [0.05, 0.1) is 0 Å². The average Bonchev–Trinajstić information content (AvgIpc) is 3.02. The molecule has 0 spiro atoms. The summed E-state index contributed by atoms with van der Waals surface area (Å²) in [6.07, 6.45) is 1.08. The van der Waals surface area contributed by atoms with Gasteiger partial charge >= 0.3 is 0 Å². The molecule has 5 nitrogen and oxygen atoms in total. The van der Waals surface area contributed by atoms with Crippen LogP contribution in [0, 0.1) is 0 Å². The Morgan fingerprint density at radius 2 is 1.83 bits per heavy atom. The van der Waals surface area contributed by atoms with E-state index in [1.807, 2.05) is 54.6 Å². The molecule has 0 radical (unpaired) electrons. The Morgan fingerprint density at radius 1 is 1.09 bits per heavy atom. The summed E-state index contributed by atoms with van der Waals surface area (Å²) < 4.78 is 0.915. The van der Waals surface area contributed by atoms with Crippen molar-refractivity contribution in [1.82, 2.24) is 15.2 Å². The molecule has 3 aromatic rings. The molecule has 116 valence electrons. The zero-order valence-electron chi connectivity index (χ0n) is 12.3. The maximum atomic E-state index is 12.0. The lowest BCUT2D eigenvalue weighted by Gasteiger charge is -2.01. The number of halogens is 1. The molecule has 0 fully saturated rings. The largest absolute Gasteiger partial charge is 0.293 e. The summed E-state index contributed by atoms with van der Waals surface area (Å²) in [6.45, 7) is 0. The smallest absolute Gasteiger partial charge is 0.249 e. The fourth-order valence-corrected chi connectivity index (χ4v) is 2.65. The van der Waals surface area contributed by atoms with Gasteiger partial charge in [-0.3, -0.25) is 15.2 Å². The first-order valence-electron chi connectivity index (χ1n) is 7.23. The molecule has 3 rings (SSSR count). The fraction of sp³-hybridized carbons (Fsp3) is 0.118. The molecule has 0 aliphatic heterocycles. The number of rotatable bonds is 5. The summed E-state index contributed by atoms with van der Waals surface area (Å²) in [4.78, 5) is 16.3. The van der Waals surface area contributed by atoms with E-state index < -0.39 is 0 Å². The zero-order valence-corrected chi connectivity index (χ0v) is 13.9. The molecule has 0 saturated heterocycles. The van der Waals surface area contributed by atoms with E-state index in [1.54, 1.807) is 0 Å². The highest BCUT2D eigenvalue weighted by molar-refractivity contribution is 9.10. The number of nitrogens with zero attached hydrogens (tertiary/aromatic N) is 2. The molecular weight excluding hydrogens is 356 g/mol. The molecule has 1 heterocycles. The number of hydrogen-bond donors (Lipinski definition) is 2. The van der Waals surface area contributed by atoms with Crippen molar-refractivity contribution in [3.63, 3.8) is 0 Å². The Bertz CT molecular complexity index is 801. The molecule has 6 heteroatoms. The lowest BCUT2D eigenvalue weighted by Crippen LogP contribution is -2.13. The number of H-pyrrole nitrogens is 1. The zero-order chi connectivity index (χ0) is 16.1. The van der Waals surface area contributed by atoms with Gasteiger partial charge in [-0.25, -0.2) is 0 Å². The second-order valence-electron chi connectivity index (χ2n) is 5.02. The van der Waals surface area contributed by atoms with Gasteiger partial charge in [-0.2, -0.15) is 4.98 Å². The van der Waals surface area contributed by atoms with Crippen LogP contribution >= 0.6 is 15.9 Å². The van der Waals surface area contributed by atoms with Crippen molar-refractivity contribution in [3.05, 3.63) is 64.6 Å². The maximum absolute atomic E-state index is 12.0. The summed E-state index contributed by atoms with van der Waals surface area (Å²) in [5, 5.41) is 9.59. The molecule has 0 saturated carbocycles. The highest BCUT2D eigenvalue weighted by Crippen LogP contribution is 2.25. The van der Waals surface area contributed by atoms with Crippen LogP contribution < -0.4 is 5.32 Å². The third kappa shape index (κ3) is 4.04. The van der Waals surface area contributed by atoms with Crippen LogP contribution in [0.15, 0.2) is 59.1 Å². The van der Waals surface area contributed by atoms with Crippen molar-refractivity contribution in [2.75, 3.05) is 5.32 Å². The number of nitrogens with one attached hydrogen (secondary N) is 2. The Hall–Kier alpha value is -2.47. The van der Waals surface area contributed by atoms with E-state index in [1.165, 1.54) is 0 Å². The number of amides is 1. The second-order valence-corrected chi connectivity index (χ2v) is 5.88. The van der Waals surface area contributed by atoms with Crippen LogP contribution in [0.25, 0.3) is 11.4 Å². The normalized spacial score (nSPS) is 10.5. The predicted octanol–water partition coefficient (Wildman–Crippen LogP) is 3.81. The summed E-state index contributed by atoms with van der Waals surface area (Å²) in [7, 11) is 0. The quantitative estimate of drug-likeness (QED) is 0.717. The van der Waals surface area contributed by atoms with Gasteiger partial charge in [0.1, 0.15) is 0 Å². The number of aryl methyl sites for hydroxylation is 1. The topological polar surface area (TPSA) is 70.7 Å². The fourth-order valence-electron chi connectivity index (χ4n) is 2.18. The van der Waals surface area contributed by atoms with Crippen LogP contribution in [-0.4, -0.2) is 21.1 Å². The standard InChI is InChI=1S/C17H15BrN4O/c18-14-9-5-4-8-13(14)16-20-17(22-21-16)19-15(23)11-10-12-6-2-1-3-7-12/h1-9H,10-11H2,(H2,19,20,21,22,23). The molecule has 0 atom stereocenters. The van der Waals surface area contributed by atoms with Gasteiger partial charge in [0.15, 0.2) is 5.82 Å². The SMILES string of the molecule is O=C(CCc1ccccc1)Nc1n[nH]c(-c2ccccc2Br)n1. The molecule has 0 bridgehead atoms. The van der Waals surface area contributed by atoms with Crippen LogP contribution in [0.3, 0.4) is 0 Å². The molecule has 0 unspecified atom stereocenters. The Labute approximate surface area is 142 Å². The van der Waals surface area contributed by atoms with Crippen molar-refractivity contribution >= 4 is 27.8 Å². The van der Waals surface area contributed by atoms with E-state index in [0.717, 1.165) is 15.6 Å². The Kier molecular flexibility index (Phi) is 4.83. The molecule has 0 aliphatic carbocycles. The van der Waals surface area contributed by atoms with Gasteiger partial charge in [0.25, 0.3) is 0 Å². The van der Waals surface area contributed by atoms with Crippen molar-refractivity contribution in [2.24, 2.45) is 0 Å². The van der Waals surface area contributed by atoms with Gasteiger partial charge in [0.2, 0.25) is 11.9 Å². The van der Waals surface area contributed by atoms with Gasteiger partial charge in [0, 0.05) is 16.5 Å². The maximum Gasteiger partial charge on any atom is 0.249 e. The Balaban J connectivity index is 1.61. The number of carbonyl (C=O) groups is 1. The first-order chi connectivity index (χ1) is 11.2. The third-order valence-electron chi connectivity index (χ3n) is 3.35. The highest BCUT2D eigenvalue weighted by Gasteiger charge is 2.10. The minimum Gasteiger partial charge on any atom is -0.293 e. The highest BCUT2D eigenvalue weighted by atomic mass is 79.9. The minimum atomic E-state index is -0.105. The van der Waals surface area contributed by atoms with E-state index in [9.17, 15) is 4.79 Å². The van der Waals surface area contributed by atoms with Crippen LogP contribution in [0.1, 0.15) is 12.0 Å². The number of aromatic amines is 1. The van der Waals surface area contributed by atoms with Crippen LogP contribution in [0.2, 0.25) is 0 Å². The number of anilines is 1. The number of aromatic nitrogens is 3. The molecule has 2 aromatic carbocycles. The lowest BCUT2D eigenvalue weighted by molar-refractivity contribution is -0.116. The molecule has 2 N–H and O–H groups in total. The Morgan fingerprint density at radius 3 is 2.61 bits per heavy atom. The van der Waals surface area contributed by atoms with E-state index in [2.05, 4.69) is 36.4 Å².